The summed E-state index contributed by atoms with van der Waals surface area (Å²) in [5.74, 6) is 1.76. The third-order valence-electron chi connectivity index (χ3n) is 2.85. The Balaban J connectivity index is 1.47. The van der Waals surface area contributed by atoms with E-state index >= 15 is 0 Å². The van der Waals surface area contributed by atoms with Gasteiger partial charge < -0.3 is 14.8 Å². The van der Waals surface area contributed by atoms with Crippen LogP contribution in [-0.4, -0.2) is 26.7 Å². The molecule has 2 aromatic heterocycles. The second-order valence-electron chi connectivity index (χ2n) is 4.35. The second kappa shape index (κ2) is 6.01. The SMILES string of the molecule is c1ccc(NCCCc2nc(-c3ncc[nH]3)no2)cc1. The molecule has 0 amide bonds. The van der Waals surface area contributed by atoms with E-state index < -0.39 is 0 Å². The molecule has 2 heterocycles. The minimum atomic E-state index is 0.501. The van der Waals surface area contributed by atoms with Gasteiger partial charge >= 0.3 is 0 Å². The summed E-state index contributed by atoms with van der Waals surface area (Å²) >= 11 is 0. The van der Waals surface area contributed by atoms with Crippen LogP contribution < -0.4 is 5.32 Å². The van der Waals surface area contributed by atoms with Crippen molar-refractivity contribution in [2.24, 2.45) is 0 Å². The second-order valence-corrected chi connectivity index (χ2v) is 4.35. The van der Waals surface area contributed by atoms with E-state index in [-0.39, 0.29) is 0 Å². The number of anilines is 1. The number of aromatic amines is 1. The molecule has 1 aromatic carbocycles. The molecule has 3 rings (SSSR count). The number of benzene rings is 1. The molecule has 0 spiro atoms. The maximum atomic E-state index is 5.19. The smallest absolute Gasteiger partial charge is 0.238 e. The predicted molar refractivity (Wildman–Crippen MR) is 75.1 cm³/mol. The minimum Gasteiger partial charge on any atom is -0.385 e. The monoisotopic (exact) mass is 269 g/mol. The van der Waals surface area contributed by atoms with Gasteiger partial charge in [0.1, 0.15) is 0 Å². The Morgan fingerprint density at radius 2 is 2.10 bits per heavy atom. The largest absolute Gasteiger partial charge is 0.385 e. The molecule has 0 radical (unpaired) electrons. The number of nitrogens with one attached hydrogen (secondary N) is 2. The summed E-state index contributed by atoms with van der Waals surface area (Å²) in [7, 11) is 0. The van der Waals surface area contributed by atoms with Crippen LogP contribution in [0.15, 0.2) is 47.2 Å². The average molecular weight is 269 g/mol. The Hall–Kier alpha value is -2.63. The number of H-pyrrole nitrogens is 1. The zero-order chi connectivity index (χ0) is 13.6. The van der Waals surface area contributed by atoms with Crippen molar-refractivity contribution >= 4 is 5.69 Å². The van der Waals surface area contributed by atoms with Crippen LogP contribution in [0.2, 0.25) is 0 Å². The summed E-state index contributed by atoms with van der Waals surface area (Å²) in [5.41, 5.74) is 1.12. The van der Waals surface area contributed by atoms with Crippen molar-refractivity contribution in [3.63, 3.8) is 0 Å². The van der Waals surface area contributed by atoms with Gasteiger partial charge in [0.15, 0.2) is 5.82 Å². The lowest BCUT2D eigenvalue weighted by molar-refractivity contribution is 0.377. The van der Waals surface area contributed by atoms with Gasteiger partial charge in [-0.25, -0.2) is 4.98 Å². The van der Waals surface area contributed by atoms with Gasteiger partial charge in [-0.15, -0.1) is 0 Å². The van der Waals surface area contributed by atoms with Crippen LogP contribution >= 0.6 is 0 Å². The number of rotatable bonds is 6. The van der Waals surface area contributed by atoms with Gasteiger partial charge in [0.05, 0.1) is 0 Å². The molecule has 0 aliphatic carbocycles. The molecule has 6 nitrogen and oxygen atoms in total. The van der Waals surface area contributed by atoms with E-state index in [0.29, 0.717) is 17.5 Å². The number of imidazole rings is 1. The topological polar surface area (TPSA) is 79.6 Å². The summed E-state index contributed by atoms with van der Waals surface area (Å²) in [6, 6.07) is 10.1. The van der Waals surface area contributed by atoms with Crippen LogP contribution in [0.25, 0.3) is 11.6 Å². The normalized spacial score (nSPS) is 10.6. The van der Waals surface area contributed by atoms with E-state index in [0.717, 1.165) is 25.1 Å². The maximum absolute atomic E-state index is 5.19. The molecular formula is C14H15N5O. The molecule has 0 atom stereocenters. The van der Waals surface area contributed by atoms with Crippen LogP contribution in [0.1, 0.15) is 12.3 Å². The number of aryl methyl sites for hydroxylation is 1. The number of nitrogens with zero attached hydrogens (tertiary/aromatic N) is 3. The lowest BCUT2D eigenvalue weighted by Gasteiger charge is -2.03. The van der Waals surface area contributed by atoms with Crippen LogP contribution in [0.3, 0.4) is 0 Å². The summed E-state index contributed by atoms with van der Waals surface area (Å²) in [4.78, 5) is 11.3. The molecule has 102 valence electrons. The highest BCUT2D eigenvalue weighted by molar-refractivity contribution is 5.42. The van der Waals surface area contributed by atoms with E-state index in [4.69, 9.17) is 4.52 Å². The Bertz CT molecular complexity index is 633. The van der Waals surface area contributed by atoms with Gasteiger partial charge in [-0.05, 0) is 18.6 Å². The van der Waals surface area contributed by atoms with Crippen molar-refractivity contribution in [1.82, 2.24) is 20.1 Å². The third-order valence-corrected chi connectivity index (χ3v) is 2.85. The first kappa shape index (κ1) is 12.4. The molecule has 0 aliphatic rings. The number of para-hydroxylation sites is 1. The zero-order valence-corrected chi connectivity index (χ0v) is 10.9. The highest BCUT2D eigenvalue weighted by atomic mass is 16.5. The Labute approximate surface area is 116 Å². The summed E-state index contributed by atoms with van der Waals surface area (Å²) in [5, 5.41) is 7.24. The van der Waals surface area contributed by atoms with Crippen molar-refractivity contribution < 1.29 is 4.52 Å². The fraction of sp³-hybridized carbons (Fsp3) is 0.214. The third kappa shape index (κ3) is 3.03. The lowest BCUT2D eigenvalue weighted by atomic mass is 10.3. The van der Waals surface area contributed by atoms with Crippen LogP contribution in [0.5, 0.6) is 0 Å². The summed E-state index contributed by atoms with van der Waals surface area (Å²) in [6.07, 6.45) is 5.06. The number of aromatic nitrogens is 4. The average Bonchev–Trinajstić information content (AvgIpc) is 3.15. The van der Waals surface area contributed by atoms with Gasteiger partial charge in [0.25, 0.3) is 0 Å². The van der Waals surface area contributed by atoms with Gasteiger partial charge in [-0.3, -0.25) is 0 Å². The molecule has 0 saturated heterocycles. The summed E-state index contributed by atoms with van der Waals surface area (Å²) < 4.78 is 5.19. The standard InChI is InChI=1S/C14H15N5O/c1-2-5-11(6-3-1)15-8-4-7-12-18-14(19-20-12)13-16-9-10-17-13/h1-3,5-6,9-10,15H,4,7-8H2,(H,16,17). The number of hydrogen-bond donors (Lipinski definition) is 2. The van der Waals surface area contributed by atoms with E-state index in [1.807, 2.05) is 30.3 Å². The van der Waals surface area contributed by atoms with Crippen molar-refractivity contribution in [1.29, 1.82) is 0 Å². The molecule has 0 fully saturated rings. The highest BCUT2D eigenvalue weighted by Gasteiger charge is 2.09. The fourth-order valence-corrected chi connectivity index (χ4v) is 1.87. The van der Waals surface area contributed by atoms with E-state index in [1.165, 1.54) is 0 Å². The van der Waals surface area contributed by atoms with Crippen molar-refractivity contribution in [2.45, 2.75) is 12.8 Å². The van der Waals surface area contributed by atoms with E-state index in [1.54, 1.807) is 12.4 Å². The predicted octanol–water partition coefficient (Wildman–Crippen LogP) is 2.50. The first-order chi connectivity index (χ1) is 9.92. The first-order valence-corrected chi connectivity index (χ1v) is 6.53. The van der Waals surface area contributed by atoms with Crippen LogP contribution in [0.4, 0.5) is 5.69 Å². The molecule has 0 bridgehead atoms. The molecule has 2 N–H and O–H groups in total. The maximum Gasteiger partial charge on any atom is 0.238 e. The van der Waals surface area contributed by atoms with E-state index in [2.05, 4.69) is 25.4 Å². The van der Waals surface area contributed by atoms with Gasteiger partial charge in [0, 0.05) is 31.0 Å². The van der Waals surface area contributed by atoms with Gasteiger partial charge in [0.2, 0.25) is 11.7 Å². The Morgan fingerprint density at radius 1 is 1.20 bits per heavy atom. The highest BCUT2D eigenvalue weighted by Crippen LogP contribution is 2.11. The molecular weight excluding hydrogens is 254 g/mol. The zero-order valence-electron chi connectivity index (χ0n) is 10.9. The van der Waals surface area contributed by atoms with Crippen molar-refractivity contribution in [3.05, 3.63) is 48.6 Å². The van der Waals surface area contributed by atoms with Crippen LogP contribution in [0, 0.1) is 0 Å². The van der Waals surface area contributed by atoms with Crippen LogP contribution in [-0.2, 0) is 6.42 Å². The Morgan fingerprint density at radius 3 is 2.90 bits per heavy atom. The minimum absolute atomic E-state index is 0.501. The lowest BCUT2D eigenvalue weighted by Crippen LogP contribution is -2.02. The van der Waals surface area contributed by atoms with Gasteiger partial charge in [-0.1, -0.05) is 23.4 Å². The number of hydrogen-bond acceptors (Lipinski definition) is 5. The van der Waals surface area contributed by atoms with Crippen molar-refractivity contribution in [3.8, 4) is 11.6 Å². The molecule has 6 heteroatoms. The molecule has 0 aliphatic heterocycles. The van der Waals surface area contributed by atoms with Gasteiger partial charge in [-0.2, -0.15) is 4.98 Å². The molecule has 3 aromatic rings. The molecule has 0 saturated carbocycles. The molecule has 0 unspecified atom stereocenters. The molecule has 20 heavy (non-hydrogen) atoms. The quantitative estimate of drug-likeness (QED) is 0.672. The van der Waals surface area contributed by atoms with E-state index in [9.17, 15) is 0 Å². The Kier molecular flexibility index (Phi) is 3.73. The fourth-order valence-electron chi connectivity index (χ4n) is 1.87. The first-order valence-electron chi connectivity index (χ1n) is 6.53. The summed E-state index contributed by atoms with van der Waals surface area (Å²) in [6.45, 7) is 0.864. The van der Waals surface area contributed by atoms with Crippen molar-refractivity contribution in [2.75, 3.05) is 11.9 Å².